The first-order valence-corrected chi connectivity index (χ1v) is 41.4. The Balaban J connectivity index is 2.49. The van der Waals surface area contributed by atoms with Crippen molar-refractivity contribution in [1.82, 2.24) is 69.1 Å². The SMILES string of the molecule is CC[C@H](C)[C@H](NC(=O)[C@H](Cc1ccccc1)NC(=O)[C@H](CCC(=O)O)NC(=O)[C@H](CC(C)C)NC(=O)[C@H](C)NC(=O)[C@H](CCCCN)NC(=O)[C@H](CCCN=C(N)N)NC(=O)[C@@H](NC(=O)[C@@H](NC(=O)[C@H](CCCN=C(N)N)NC(=O)[C@@H](NC(=O)CNC(=O)[C@H](Cc1ccc(O)cc1)NC(=O)[C@@H](N)CCSC)[C@@H](C)O)C(C)C)[C@@H](C)CC)C(=O)O. The van der Waals surface area contributed by atoms with Crippen molar-refractivity contribution < 1.29 is 92.3 Å². The van der Waals surface area contributed by atoms with Gasteiger partial charge in [-0.25, -0.2) is 4.79 Å². The summed E-state index contributed by atoms with van der Waals surface area (Å²) in [5, 5.41) is 73.8. The van der Waals surface area contributed by atoms with E-state index >= 15 is 0 Å². The molecule has 0 bridgehead atoms. The number of phenolic OH excluding ortho intramolecular Hbond substituents is 1. The average Bonchev–Trinajstić information content (AvgIpc) is 0.846. The van der Waals surface area contributed by atoms with E-state index in [-0.39, 0.29) is 107 Å². The lowest BCUT2D eigenvalue weighted by atomic mass is 9.95. The second-order valence-electron chi connectivity index (χ2n) is 30.2. The number of carboxylic acid groups (broad SMARTS) is 2. The Bertz CT molecular complexity index is 3700. The number of nitrogens with two attached hydrogens (primary N) is 6. The summed E-state index contributed by atoms with van der Waals surface area (Å²) >= 11 is 1.46. The molecule has 0 spiro atoms. The van der Waals surface area contributed by atoms with E-state index in [9.17, 15) is 92.3 Å². The van der Waals surface area contributed by atoms with Crippen molar-refractivity contribution in [3.8, 4) is 5.75 Å². The van der Waals surface area contributed by atoms with Crippen LogP contribution in [0.2, 0.25) is 0 Å². The predicted molar refractivity (Wildman–Crippen MR) is 447 cm³/mol. The van der Waals surface area contributed by atoms with E-state index in [4.69, 9.17) is 34.4 Å². The van der Waals surface area contributed by atoms with E-state index in [0.717, 1.165) is 0 Å². The van der Waals surface area contributed by atoms with Crippen LogP contribution in [0.3, 0.4) is 0 Å². The molecule has 41 heteroatoms. The Morgan fingerprint density at radius 1 is 0.445 bits per heavy atom. The number of carbonyl (C=O) groups excluding carboxylic acids is 13. The molecule has 2 aromatic carbocycles. The Kier molecular flexibility index (Phi) is 48.1. The van der Waals surface area contributed by atoms with Crippen LogP contribution in [-0.4, -0.2) is 244 Å². The predicted octanol–water partition coefficient (Wildman–Crippen LogP) is -3.43. The zero-order valence-electron chi connectivity index (χ0n) is 69.9. The zero-order chi connectivity index (χ0) is 89.8. The number of thioether (sulfide) groups is 1. The number of aliphatic hydroxyl groups excluding tert-OH is 1. The Morgan fingerprint density at radius 2 is 0.866 bits per heavy atom. The topological polar surface area (TPSA) is 674 Å². The number of aliphatic carboxylic acids is 2. The first kappa shape index (κ1) is 104. The number of aliphatic hydroxyl groups is 1. The van der Waals surface area contributed by atoms with Crippen LogP contribution in [0.15, 0.2) is 64.6 Å². The van der Waals surface area contributed by atoms with Crippen molar-refractivity contribution in [2.45, 2.75) is 250 Å². The van der Waals surface area contributed by atoms with Gasteiger partial charge in [0.25, 0.3) is 0 Å². The van der Waals surface area contributed by atoms with Crippen LogP contribution in [0, 0.1) is 23.7 Å². The molecule has 0 aliphatic rings. The van der Waals surface area contributed by atoms with Gasteiger partial charge in [-0.2, -0.15) is 11.8 Å². The minimum atomic E-state index is -1.77. The summed E-state index contributed by atoms with van der Waals surface area (Å²) in [6.45, 7) is 15.1. The highest BCUT2D eigenvalue weighted by molar-refractivity contribution is 7.98. The van der Waals surface area contributed by atoms with Crippen molar-refractivity contribution in [3.05, 3.63) is 65.7 Å². The number of hydrogen-bond donors (Lipinski definition) is 23. The molecule has 16 atom stereocenters. The molecular formula is C78H129N21O19S. The number of unbranched alkanes of at least 4 members (excludes halogenated alkanes) is 1. The molecule has 0 radical (unpaired) electrons. The summed E-state index contributed by atoms with van der Waals surface area (Å²) in [5.74, 6) is -16.9. The number of guanidine groups is 2. The van der Waals surface area contributed by atoms with Gasteiger partial charge in [-0.1, -0.05) is 111 Å². The fourth-order valence-electron chi connectivity index (χ4n) is 11.9. The summed E-state index contributed by atoms with van der Waals surface area (Å²) in [5.41, 5.74) is 35.4. The smallest absolute Gasteiger partial charge is 0.326 e. The number of phenols is 1. The van der Waals surface area contributed by atoms with E-state index in [1.165, 1.54) is 49.9 Å². The van der Waals surface area contributed by atoms with Crippen LogP contribution in [0.25, 0.3) is 0 Å². The van der Waals surface area contributed by atoms with Crippen molar-refractivity contribution in [2.24, 2.45) is 68.1 Å². The number of rotatable bonds is 57. The molecular weight excluding hydrogens is 1570 g/mol. The second kappa shape index (κ2) is 54.9. The number of aliphatic imine (C=N–C) groups is 2. The average molecular weight is 1700 g/mol. The van der Waals surface area contributed by atoms with Crippen molar-refractivity contribution in [3.63, 3.8) is 0 Å². The Labute approximate surface area is 698 Å². The summed E-state index contributed by atoms with van der Waals surface area (Å²) in [6, 6.07) is -4.39. The molecule has 0 aliphatic heterocycles. The van der Waals surface area contributed by atoms with Gasteiger partial charge in [0.15, 0.2) is 11.9 Å². The van der Waals surface area contributed by atoms with Gasteiger partial charge >= 0.3 is 11.9 Å². The molecule has 40 nitrogen and oxygen atoms in total. The number of hydrogen-bond acceptors (Lipinski definition) is 22. The van der Waals surface area contributed by atoms with Crippen LogP contribution in [0.5, 0.6) is 5.75 Å². The summed E-state index contributed by atoms with van der Waals surface area (Å²) in [6.07, 6.45) is -0.0477. The summed E-state index contributed by atoms with van der Waals surface area (Å²) in [7, 11) is 0. The summed E-state index contributed by atoms with van der Waals surface area (Å²) in [4.78, 5) is 216. The molecule has 0 aromatic heterocycles. The fraction of sp³-hybridized carbons (Fsp3) is 0.628. The van der Waals surface area contributed by atoms with Gasteiger partial charge in [0.2, 0.25) is 76.8 Å². The normalized spacial score (nSPS) is 15.2. The monoisotopic (exact) mass is 1700 g/mol. The van der Waals surface area contributed by atoms with E-state index in [0.29, 0.717) is 36.1 Å². The lowest BCUT2D eigenvalue weighted by Gasteiger charge is -2.31. The number of aromatic hydroxyl groups is 1. The lowest BCUT2D eigenvalue weighted by Crippen LogP contribution is -2.62. The van der Waals surface area contributed by atoms with E-state index in [1.54, 1.807) is 85.7 Å². The molecule has 29 N–H and O–H groups in total. The van der Waals surface area contributed by atoms with Crippen LogP contribution in [0.4, 0.5) is 0 Å². The van der Waals surface area contributed by atoms with Gasteiger partial charge < -0.3 is 124 Å². The van der Waals surface area contributed by atoms with Crippen LogP contribution in [0.1, 0.15) is 164 Å². The Hall–Kier alpha value is -10.9. The third-order valence-electron chi connectivity index (χ3n) is 19.3. The highest BCUT2D eigenvalue weighted by atomic mass is 32.2. The highest BCUT2D eigenvalue weighted by Crippen LogP contribution is 2.18. The standard InChI is InChI=1S/C78H129N21O19S/c1-12-43(7)61(98-73(114)60(42(5)6)97-70(111)53(25-20-35-86-78(83)84)92-75(116)63(46(10)100)96-58(102)40-87-66(107)56(39-48-26-28-49(101)29-27-48)94-65(106)50(80)32-36-119-11)74(115)91-52(24-19-34-85-77(81)82)68(109)89-51(23-17-18-33-79)67(108)88-45(9)64(105)93-55(37-41(3)4)71(112)90-54(30-31-59(103)104)69(110)95-57(38-47-21-15-14-16-22-47)72(113)99-62(76(117)118)44(8)13-2/h14-16,21-22,26-29,41-46,50-57,60-63,100-101H,12-13,17-20,23-25,30-40,79-80H2,1-11H3,(H,87,107)(H,88,108)(H,89,109)(H,90,112)(H,91,115)(H,92,116)(H,93,105)(H,94,106)(H,95,110)(H,96,102)(H,97,111)(H,98,114)(H,99,113)(H,103,104)(H,117,118)(H4,81,82,85)(H4,83,84,86)/t43-,44-,45-,46+,50-,51-,52-,53-,54-,55-,56-,57-,60-,61-,62-,63-/m0/s1. The van der Waals surface area contributed by atoms with Crippen molar-refractivity contribution >= 4 is 112 Å². The maximum absolute atomic E-state index is 14.8. The maximum atomic E-state index is 14.8. The van der Waals surface area contributed by atoms with Gasteiger partial charge in [-0.15, -0.1) is 0 Å². The number of amides is 13. The number of carbonyl (C=O) groups is 15. The molecule has 2 rings (SSSR count). The molecule has 13 amide bonds. The number of carboxylic acids is 2. The van der Waals surface area contributed by atoms with E-state index in [1.807, 2.05) is 6.26 Å². The third kappa shape index (κ3) is 39.9. The molecule has 0 saturated carbocycles. The van der Waals surface area contributed by atoms with Gasteiger partial charge in [0, 0.05) is 32.4 Å². The molecule has 0 saturated heterocycles. The quantitative estimate of drug-likeness (QED) is 0.0174. The minimum absolute atomic E-state index is 0.0431. The van der Waals surface area contributed by atoms with Gasteiger partial charge in [0.1, 0.15) is 78.3 Å². The summed E-state index contributed by atoms with van der Waals surface area (Å²) < 4.78 is 0. The number of benzene rings is 2. The molecule has 0 unspecified atom stereocenters. The molecule has 0 heterocycles. The van der Waals surface area contributed by atoms with E-state index < -0.39 is 211 Å². The maximum Gasteiger partial charge on any atom is 0.326 e. The highest BCUT2D eigenvalue weighted by Gasteiger charge is 2.39. The number of nitrogens with zero attached hydrogens (tertiary/aromatic N) is 2. The Morgan fingerprint density at radius 3 is 1.35 bits per heavy atom. The molecule has 0 aliphatic carbocycles. The van der Waals surface area contributed by atoms with Crippen LogP contribution < -0.4 is 104 Å². The van der Waals surface area contributed by atoms with Gasteiger partial charge in [-0.3, -0.25) is 77.1 Å². The first-order chi connectivity index (χ1) is 56.1. The van der Waals surface area contributed by atoms with Gasteiger partial charge in [0.05, 0.1) is 18.7 Å². The third-order valence-corrected chi connectivity index (χ3v) is 20.0. The fourth-order valence-corrected chi connectivity index (χ4v) is 12.4. The van der Waals surface area contributed by atoms with Crippen LogP contribution in [-0.2, 0) is 84.8 Å². The molecule has 666 valence electrons. The van der Waals surface area contributed by atoms with Crippen molar-refractivity contribution in [1.29, 1.82) is 0 Å². The first-order valence-electron chi connectivity index (χ1n) is 40.0. The van der Waals surface area contributed by atoms with Gasteiger partial charge in [-0.05, 0) is 144 Å². The molecule has 0 fully saturated rings. The zero-order valence-corrected chi connectivity index (χ0v) is 70.7. The number of nitrogens with one attached hydrogen (secondary N) is 13. The molecule has 2 aromatic rings. The van der Waals surface area contributed by atoms with E-state index in [2.05, 4.69) is 79.1 Å². The molecule has 119 heavy (non-hydrogen) atoms. The lowest BCUT2D eigenvalue weighted by molar-refractivity contribution is -0.144. The largest absolute Gasteiger partial charge is 0.508 e. The second-order valence-corrected chi connectivity index (χ2v) is 31.2. The van der Waals surface area contributed by atoms with Crippen molar-refractivity contribution in [2.75, 3.05) is 38.2 Å². The van der Waals surface area contributed by atoms with Crippen LogP contribution >= 0.6 is 11.8 Å². The minimum Gasteiger partial charge on any atom is -0.508 e.